The molecule has 2 N–H and O–H groups in total. The Bertz CT molecular complexity index is 690. The van der Waals surface area contributed by atoms with Crippen molar-refractivity contribution in [2.45, 2.75) is 13.0 Å². The van der Waals surface area contributed by atoms with Crippen molar-refractivity contribution in [3.63, 3.8) is 0 Å². The maximum atomic E-state index is 5.80. The third-order valence-electron chi connectivity index (χ3n) is 3.13. The lowest BCUT2D eigenvalue weighted by atomic mass is 10.1. The van der Waals surface area contributed by atoms with Crippen LogP contribution in [-0.2, 0) is 13.0 Å². The second kappa shape index (κ2) is 5.52. The predicted octanol–water partition coefficient (Wildman–Crippen LogP) is 2.17. The van der Waals surface area contributed by atoms with E-state index in [1.807, 2.05) is 47.1 Å². The second-order valence-corrected chi connectivity index (χ2v) is 4.59. The zero-order chi connectivity index (χ0) is 13.8. The third kappa shape index (κ3) is 2.66. The Morgan fingerprint density at radius 1 is 1.00 bits per heavy atom. The zero-order valence-corrected chi connectivity index (χ0v) is 11.0. The van der Waals surface area contributed by atoms with Crippen LogP contribution in [0.15, 0.2) is 54.6 Å². The van der Waals surface area contributed by atoms with Crippen molar-refractivity contribution in [3.8, 4) is 11.4 Å². The molecule has 0 saturated heterocycles. The summed E-state index contributed by atoms with van der Waals surface area (Å²) in [4.78, 5) is 0. The van der Waals surface area contributed by atoms with Crippen molar-refractivity contribution in [2.24, 2.45) is 0 Å². The van der Waals surface area contributed by atoms with Crippen LogP contribution in [0.1, 0.15) is 5.56 Å². The molecule has 0 aliphatic heterocycles. The molecular weight excluding hydrogens is 250 g/mol. The van der Waals surface area contributed by atoms with Crippen molar-refractivity contribution >= 4 is 5.69 Å². The number of aryl methyl sites for hydroxylation is 2. The lowest BCUT2D eigenvalue weighted by Crippen LogP contribution is -2.05. The molecule has 3 aromatic rings. The van der Waals surface area contributed by atoms with Crippen LogP contribution in [0.3, 0.4) is 0 Å². The molecule has 0 fully saturated rings. The van der Waals surface area contributed by atoms with E-state index in [-0.39, 0.29) is 0 Å². The molecule has 0 saturated carbocycles. The van der Waals surface area contributed by atoms with E-state index in [1.165, 1.54) is 5.56 Å². The number of anilines is 1. The minimum absolute atomic E-state index is 0.708. The van der Waals surface area contributed by atoms with E-state index in [4.69, 9.17) is 5.73 Å². The average molecular weight is 265 g/mol. The van der Waals surface area contributed by atoms with E-state index in [1.54, 1.807) is 0 Å². The third-order valence-corrected chi connectivity index (χ3v) is 3.13. The molecule has 2 aromatic carbocycles. The van der Waals surface area contributed by atoms with Gasteiger partial charge in [-0.3, -0.25) is 0 Å². The summed E-state index contributed by atoms with van der Waals surface area (Å²) in [6, 6.07) is 17.9. The summed E-state index contributed by atoms with van der Waals surface area (Å²) in [6.07, 6.45) is 0.890. The number of tetrazole rings is 1. The molecule has 0 aliphatic rings. The van der Waals surface area contributed by atoms with E-state index in [9.17, 15) is 0 Å². The summed E-state index contributed by atoms with van der Waals surface area (Å²) < 4.78 is 1.81. The highest BCUT2D eigenvalue weighted by Crippen LogP contribution is 2.18. The van der Waals surface area contributed by atoms with Crippen molar-refractivity contribution in [3.05, 3.63) is 60.2 Å². The van der Waals surface area contributed by atoms with Crippen LogP contribution in [0.25, 0.3) is 11.4 Å². The predicted molar refractivity (Wildman–Crippen MR) is 77.8 cm³/mol. The molecule has 0 atom stereocenters. The Kier molecular flexibility index (Phi) is 3.41. The van der Waals surface area contributed by atoms with E-state index >= 15 is 0 Å². The summed E-state index contributed by atoms with van der Waals surface area (Å²) in [5, 5.41) is 11.9. The first-order valence-electron chi connectivity index (χ1n) is 6.49. The molecule has 20 heavy (non-hydrogen) atoms. The SMILES string of the molecule is Nc1cccc(-c2nnnn2CCc2ccccc2)c1. The Morgan fingerprint density at radius 3 is 2.65 bits per heavy atom. The van der Waals surface area contributed by atoms with Crippen molar-refractivity contribution in [2.75, 3.05) is 5.73 Å². The Hall–Kier alpha value is -2.69. The minimum atomic E-state index is 0.708. The quantitative estimate of drug-likeness (QED) is 0.734. The lowest BCUT2D eigenvalue weighted by Gasteiger charge is -2.05. The molecule has 100 valence electrons. The highest BCUT2D eigenvalue weighted by atomic mass is 15.5. The van der Waals surface area contributed by atoms with E-state index < -0.39 is 0 Å². The molecule has 5 nitrogen and oxygen atoms in total. The van der Waals surface area contributed by atoms with E-state index in [0.717, 1.165) is 24.4 Å². The van der Waals surface area contributed by atoms with Gasteiger partial charge < -0.3 is 5.73 Å². The number of nitrogens with two attached hydrogens (primary N) is 1. The van der Waals surface area contributed by atoms with Crippen LogP contribution in [0.2, 0.25) is 0 Å². The maximum Gasteiger partial charge on any atom is 0.182 e. The Morgan fingerprint density at radius 2 is 1.85 bits per heavy atom. The van der Waals surface area contributed by atoms with Gasteiger partial charge in [0.2, 0.25) is 0 Å². The normalized spacial score (nSPS) is 10.6. The number of hydrogen-bond acceptors (Lipinski definition) is 4. The van der Waals surface area contributed by atoms with Crippen LogP contribution in [-0.4, -0.2) is 20.2 Å². The Balaban J connectivity index is 1.80. The van der Waals surface area contributed by atoms with Crippen LogP contribution in [0.5, 0.6) is 0 Å². The zero-order valence-electron chi connectivity index (χ0n) is 11.0. The number of nitrogen functional groups attached to an aromatic ring is 1. The van der Waals surface area contributed by atoms with Gasteiger partial charge in [0.25, 0.3) is 0 Å². The molecule has 1 aromatic heterocycles. The molecule has 0 bridgehead atoms. The highest BCUT2D eigenvalue weighted by Gasteiger charge is 2.08. The van der Waals surface area contributed by atoms with Crippen LogP contribution >= 0.6 is 0 Å². The molecule has 1 heterocycles. The number of rotatable bonds is 4. The standard InChI is InChI=1S/C15H15N5/c16-14-8-4-7-13(11-14)15-17-18-19-20(15)10-9-12-5-2-1-3-6-12/h1-8,11H,9-10,16H2. The van der Waals surface area contributed by atoms with Crippen molar-refractivity contribution < 1.29 is 0 Å². The highest BCUT2D eigenvalue weighted by molar-refractivity contribution is 5.60. The molecule has 0 spiro atoms. The fourth-order valence-electron chi connectivity index (χ4n) is 2.12. The molecular formula is C15H15N5. The Labute approximate surface area is 117 Å². The molecule has 0 aliphatic carbocycles. The second-order valence-electron chi connectivity index (χ2n) is 4.59. The minimum Gasteiger partial charge on any atom is -0.399 e. The van der Waals surface area contributed by atoms with Gasteiger partial charge in [-0.2, -0.15) is 0 Å². The number of aromatic nitrogens is 4. The summed E-state index contributed by atoms with van der Waals surface area (Å²) in [7, 11) is 0. The topological polar surface area (TPSA) is 69.6 Å². The molecule has 5 heteroatoms. The van der Waals surface area contributed by atoms with Crippen LogP contribution in [0.4, 0.5) is 5.69 Å². The van der Waals surface area contributed by atoms with Crippen LogP contribution < -0.4 is 5.73 Å². The number of nitrogens with zero attached hydrogens (tertiary/aromatic N) is 4. The van der Waals surface area contributed by atoms with Gasteiger partial charge in [-0.05, 0) is 34.5 Å². The summed E-state index contributed by atoms with van der Waals surface area (Å²) in [6.45, 7) is 0.737. The largest absolute Gasteiger partial charge is 0.399 e. The van der Waals surface area contributed by atoms with E-state index in [2.05, 4.69) is 27.7 Å². The van der Waals surface area contributed by atoms with Crippen molar-refractivity contribution in [1.82, 2.24) is 20.2 Å². The van der Waals surface area contributed by atoms with E-state index in [0.29, 0.717) is 5.69 Å². The van der Waals surface area contributed by atoms with Gasteiger partial charge in [-0.1, -0.05) is 42.5 Å². The van der Waals surface area contributed by atoms with Gasteiger partial charge in [0.15, 0.2) is 5.82 Å². The summed E-state index contributed by atoms with van der Waals surface area (Å²) in [5.74, 6) is 0.744. The fourth-order valence-corrected chi connectivity index (χ4v) is 2.12. The van der Waals surface area contributed by atoms with Crippen LogP contribution in [0, 0.1) is 0 Å². The average Bonchev–Trinajstić information content (AvgIpc) is 2.95. The van der Waals surface area contributed by atoms with Gasteiger partial charge in [-0.15, -0.1) is 5.10 Å². The van der Waals surface area contributed by atoms with Gasteiger partial charge in [0.1, 0.15) is 0 Å². The maximum absolute atomic E-state index is 5.80. The molecule has 0 radical (unpaired) electrons. The summed E-state index contributed by atoms with van der Waals surface area (Å²) in [5.41, 5.74) is 8.71. The monoisotopic (exact) mass is 265 g/mol. The molecule has 0 unspecified atom stereocenters. The van der Waals surface area contributed by atoms with Crippen molar-refractivity contribution in [1.29, 1.82) is 0 Å². The summed E-state index contributed by atoms with van der Waals surface area (Å²) >= 11 is 0. The number of benzene rings is 2. The molecule has 3 rings (SSSR count). The smallest absolute Gasteiger partial charge is 0.182 e. The van der Waals surface area contributed by atoms with Gasteiger partial charge in [-0.25, -0.2) is 4.68 Å². The first kappa shape index (κ1) is 12.3. The fraction of sp³-hybridized carbons (Fsp3) is 0.133. The first-order chi connectivity index (χ1) is 9.83. The molecule has 0 amide bonds. The van der Waals surface area contributed by atoms with Gasteiger partial charge in [0, 0.05) is 17.8 Å². The lowest BCUT2D eigenvalue weighted by molar-refractivity contribution is 0.594. The van der Waals surface area contributed by atoms with Gasteiger partial charge >= 0.3 is 0 Å². The van der Waals surface area contributed by atoms with Gasteiger partial charge in [0.05, 0.1) is 0 Å². The number of hydrogen-bond donors (Lipinski definition) is 1. The first-order valence-corrected chi connectivity index (χ1v) is 6.49.